The second-order valence-electron chi connectivity index (χ2n) is 5.59. The molecular formula is C16H17FN2O2. The number of hydrogen-bond acceptors (Lipinski definition) is 2. The van der Waals surface area contributed by atoms with Crippen molar-refractivity contribution in [1.82, 2.24) is 9.78 Å². The monoisotopic (exact) mass is 288 g/mol. The number of benzene rings is 1. The van der Waals surface area contributed by atoms with Gasteiger partial charge in [0.25, 0.3) is 0 Å². The average molecular weight is 288 g/mol. The Morgan fingerprint density at radius 2 is 2.10 bits per heavy atom. The van der Waals surface area contributed by atoms with E-state index in [-0.39, 0.29) is 17.3 Å². The van der Waals surface area contributed by atoms with E-state index in [1.165, 1.54) is 18.3 Å². The lowest BCUT2D eigenvalue weighted by molar-refractivity contribution is 0.0695. The van der Waals surface area contributed by atoms with E-state index in [9.17, 15) is 14.3 Å². The average Bonchev–Trinajstić information content (AvgIpc) is 3.07. The molecule has 1 N–H and O–H groups in total. The lowest BCUT2D eigenvalue weighted by Crippen LogP contribution is -2.03. The van der Waals surface area contributed by atoms with Gasteiger partial charge in [-0.3, -0.25) is 0 Å². The fourth-order valence-corrected chi connectivity index (χ4v) is 3.05. The van der Waals surface area contributed by atoms with Gasteiger partial charge in [-0.05, 0) is 43.5 Å². The molecule has 1 fully saturated rings. The van der Waals surface area contributed by atoms with Crippen molar-refractivity contribution >= 4 is 5.97 Å². The molecule has 1 aliphatic rings. The highest BCUT2D eigenvalue weighted by Crippen LogP contribution is 2.35. The van der Waals surface area contributed by atoms with Crippen molar-refractivity contribution in [3.63, 3.8) is 0 Å². The van der Waals surface area contributed by atoms with Crippen molar-refractivity contribution in [2.24, 2.45) is 0 Å². The summed E-state index contributed by atoms with van der Waals surface area (Å²) in [7, 11) is 0. The van der Waals surface area contributed by atoms with Gasteiger partial charge in [0.05, 0.1) is 11.4 Å². The number of carbonyl (C=O) groups is 1. The molecule has 1 aliphatic carbocycles. The third kappa shape index (κ3) is 2.55. The maximum Gasteiger partial charge on any atom is 0.339 e. The van der Waals surface area contributed by atoms with Gasteiger partial charge in [-0.25, -0.2) is 13.9 Å². The van der Waals surface area contributed by atoms with E-state index in [2.05, 4.69) is 5.10 Å². The van der Waals surface area contributed by atoms with Crippen LogP contribution in [-0.2, 0) is 0 Å². The van der Waals surface area contributed by atoms with Gasteiger partial charge < -0.3 is 5.11 Å². The second kappa shape index (κ2) is 5.31. The first-order valence-electron chi connectivity index (χ1n) is 7.15. The third-order valence-corrected chi connectivity index (χ3v) is 4.12. The van der Waals surface area contributed by atoms with Gasteiger partial charge in [-0.1, -0.05) is 12.8 Å². The van der Waals surface area contributed by atoms with E-state index < -0.39 is 5.97 Å². The molecule has 0 radical (unpaired) electrons. The Hall–Kier alpha value is -2.17. The largest absolute Gasteiger partial charge is 0.478 e. The van der Waals surface area contributed by atoms with Crippen LogP contribution in [0.5, 0.6) is 0 Å². The number of carboxylic acids is 1. The fraction of sp³-hybridized carbons (Fsp3) is 0.375. The summed E-state index contributed by atoms with van der Waals surface area (Å²) in [6.07, 6.45) is 5.74. The summed E-state index contributed by atoms with van der Waals surface area (Å²) in [5, 5.41) is 13.9. The van der Waals surface area contributed by atoms with Crippen LogP contribution in [0.1, 0.15) is 53.2 Å². The summed E-state index contributed by atoms with van der Waals surface area (Å²) in [5.41, 5.74) is 2.35. The normalized spacial score (nSPS) is 15.5. The van der Waals surface area contributed by atoms with E-state index in [1.807, 2.05) is 0 Å². The van der Waals surface area contributed by atoms with Gasteiger partial charge in [0, 0.05) is 12.1 Å². The Morgan fingerprint density at radius 1 is 1.38 bits per heavy atom. The van der Waals surface area contributed by atoms with Gasteiger partial charge in [-0.15, -0.1) is 0 Å². The van der Waals surface area contributed by atoms with Crippen LogP contribution in [0, 0.1) is 12.7 Å². The molecule has 5 heteroatoms. The van der Waals surface area contributed by atoms with Crippen molar-refractivity contribution in [2.75, 3.05) is 0 Å². The summed E-state index contributed by atoms with van der Waals surface area (Å²) in [5.74, 6) is -1.04. The molecule has 0 atom stereocenters. The SMILES string of the molecule is Cc1cc(F)ccc1-n1cc(C(=O)O)c(C2CCCC2)n1. The minimum atomic E-state index is -0.956. The second-order valence-corrected chi connectivity index (χ2v) is 5.59. The Bertz CT molecular complexity index is 688. The molecule has 0 amide bonds. The molecule has 1 aromatic heterocycles. The number of aromatic carboxylic acids is 1. The molecule has 0 unspecified atom stereocenters. The van der Waals surface area contributed by atoms with Crippen LogP contribution in [0.4, 0.5) is 4.39 Å². The molecule has 0 aliphatic heterocycles. The van der Waals surface area contributed by atoms with Crippen molar-refractivity contribution in [3.05, 3.63) is 47.0 Å². The lowest BCUT2D eigenvalue weighted by atomic mass is 10.0. The van der Waals surface area contributed by atoms with Gasteiger partial charge >= 0.3 is 5.97 Å². The van der Waals surface area contributed by atoms with Gasteiger partial charge in [0.2, 0.25) is 0 Å². The highest BCUT2D eigenvalue weighted by atomic mass is 19.1. The van der Waals surface area contributed by atoms with Crippen LogP contribution in [0.3, 0.4) is 0 Å². The molecule has 3 rings (SSSR count). The van der Waals surface area contributed by atoms with Crippen molar-refractivity contribution in [2.45, 2.75) is 38.5 Å². The molecule has 2 aromatic rings. The molecule has 21 heavy (non-hydrogen) atoms. The molecule has 0 spiro atoms. The summed E-state index contributed by atoms with van der Waals surface area (Å²) in [6.45, 7) is 1.79. The van der Waals surface area contributed by atoms with E-state index in [1.54, 1.807) is 17.7 Å². The summed E-state index contributed by atoms with van der Waals surface area (Å²) < 4.78 is 14.8. The van der Waals surface area contributed by atoms with Crippen LogP contribution < -0.4 is 0 Å². The molecule has 110 valence electrons. The minimum absolute atomic E-state index is 0.220. The van der Waals surface area contributed by atoms with E-state index in [0.29, 0.717) is 11.4 Å². The maximum atomic E-state index is 13.2. The standard InChI is InChI=1S/C16H17FN2O2/c1-10-8-12(17)6-7-14(10)19-9-13(16(20)21)15(18-19)11-4-2-3-5-11/h6-9,11H,2-5H2,1H3,(H,20,21). The molecule has 4 nitrogen and oxygen atoms in total. The number of aromatic nitrogens is 2. The summed E-state index contributed by atoms with van der Waals surface area (Å²) >= 11 is 0. The van der Waals surface area contributed by atoms with E-state index >= 15 is 0 Å². The first-order chi connectivity index (χ1) is 10.1. The zero-order valence-corrected chi connectivity index (χ0v) is 11.8. The van der Waals surface area contributed by atoms with Crippen LogP contribution in [-0.4, -0.2) is 20.9 Å². The number of rotatable bonds is 3. The molecular weight excluding hydrogens is 271 g/mol. The molecule has 1 heterocycles. The van der Waals surface area contributed by atoms with Gasteiger partial charge in [0.15, 0.2) is 0 Å². The van der Waals surface area contributed by atoms with Gasteiger partial charge in [-0.2, -0.15) is 5.10 Å². The summed E-state index contributed by atoms with van der Waals surface area (Å²) in [6, 6.07) is 4.41. The van der Waals surface area contributed by atoms with Crippen LogP contribution in [0.2, 0.25) is 0 Å². The zero-order chi connectivity index (χ0) is 15.0. The Kier molecular flexibility index (Phi) is 3.49. The van der Waals surface area contributed by atoms with E-state index in [4.69, 9.17) is 0 Å². The van der Waals surface area contributed by atoms with Crippen molar-refractivity contribution < 1.29 is 14.3 Å². The zero-order valence-electron chi connectivity index (χ0n) is 11.8. The number of carboxylic acid groups (broad SMARTS) is 1. The molecule has 0 saturated heterocycles. The number of halogens is 1. The Morgan fingerprint density at radius 3 is 2.71 bits per heavy atom. The first kappa shape index (κ1) is 13.8. The number of aryl methyl sites for hydroxylation is 1. The Balaban J connectivity index is 2.07. The quantitative estimate of drug-likeness (QED) is 0.937. The highest BCUT2D eigenvalue weighted by molar-refractivity contribution is 5.89. The topological polar surface area (TPSA) is 55.1 Å². The predicted molar refractivity (Wildman–Crippen MR) is 76.4 cm³/mol. The van der Waals surface area contributed by atoms with E-state index in [0.717, 1.165) is 31.2 Å². The van der Waals surface area contributed by atoms with Crippen molar-refractivity contribution in [3.8, 4) is 5.69 Å². The van der Waals surface area contributed by atoms with Crippen molar-refractivity contribution in [1.29, 1.82) is 0 Å². The molecule has 1 aromatic carbocycles. The minimum Gasteiger partial charge on any atom is -0.478 e. The first-order valence-corrected chi connectivity index (χ1v) is 7.15. The number of nitrogens with zero attached hydrogens (tertiary/aromatic N) is 2. The Labute approximate surface area is 122 Å². The summed E-state index contributed by atoms with van der Waals surface area (Å²) in [4.78, 5) is 11.4. The highest BCUT2D eigenvalue weighted by Gasteiger charge is 2.26. The maximum absolute atomic E-state index is 13.2. The lowest BCUT2D eigenvalue weighted by Gasteiger charge is -2.07. The third-order valence-electron chi connectivity index (χ3n) is 4.12. The van der Waals surface area contributed by atoms with Crippen LogP contribution in [0.15, 0.2) is 24.4 Å². The smallest absolute Gasteiger partial charge is 0.339 e. The van der Waals surface area contributed by atoms with Crippen LogP contribution in [0.25, 0.3) is 5.69 Å². The fourth-order valence-electron chi connectivity index (χ4n) is 3.05. The molecule has 1 saturated carbocycles. The van der Waals surface area contributed by atoms with Crippen LogP contribution >= 0.6 is 0 Å². The molecule has 0 bridgehead atoms. The van der Waals surface area contributed by atoms with Gasteiger partial charge in [0.1, 0.15) is 11.4 Å². The number of hydrogen-bond donors (Lipinski definition) is 1. The predicted octanol–water partition coefficient (Wildman–Crippen LogP) is 3.68.